The Kier molecular flexibility index (Phi) is 4.10. The molecule has 0 radical (unpaired) electrons. The fourth-order valence-corrected chi connectivity index (χ4v) is 2.91. The van der Waals surface area contributed by atoms with E-state index in [4.69, 9.17) is 32.7 Å². The molecule has 0 unspecified atom stereocenters. The standard InChI is InChI=1S/C17H12Cl2O3/c1-2-21-17(20)22-16-11-6-4-7-13(18)12(11)9-10-5-3-8-14(19)15(10)16/h3-9H,2H2,1H3. The summed E-state index contributed by atoms with van der Waals surface area (Å²) in [6.45, 7) is 1.95. The maximum Gasteiger partial charge on any atom is 0.513 e. The lowest BCUT2D eigenvalue weighted by Crippen LogP contribution is -2.10. The van der Waals surface area contributed by atoms with Crippen LogP contribution in [0.2, 0.25) is 10.0 Å². The monoisotopic (exact) mass is 334 g/mol. The lowest BCUT2D eigenvalue weighted by molar-refractivity contribution is 0.105. The van der Waals surface area contributed by atoms with E-state index in [0.717, 1.165) is 10.8 Å². The molecule has 0 heterocycles. The number of carbonyl (C=O) groups is 1. The molecule has 3 rings (SSSR count). The summed E-state index contributed by atoms with van der Waals surface area (Å²) in [6, 6.07) is 12.8. The van der Waals surface area contributed by atoms with Crippen LogP contribution >= 0.6 is 23.2 Å². The quantitative estimate of drug-likeness (QED) is 0.335. The zero-order valence-corrected chi connectivity index (χ0v) is 13.2. The summed E-state index contributed by atoms with van der Waals surface area (Å²) in [5.74, 6) is 0.360. The average molecular weight is 335 g/mol. The molecule has 0 aliphatic carbocycles. The fraction of sp³-hybridized carbons (Fsp3) is 0.118. The Morgan fingerprint density at radius 2 is 1.77 bits per heavy atom. The van der Waals surface area contributed by atoms with Crippen LogP contribution in [0.4, 0.5) is 4.79 Å². The highest BCUT2D eigenvalue weighted by atomic mass is 35.5. The number of hydrogen-bond acceptors (Lipinski definition) is 3. The van der Waals surface area contributed by atoms with E-state index in [1.54, 1.807) is 25.1 Å². The lowest BCUT2D eigenvalue weighted by atomic mass is 10.0. The Morgan fingerprint density at radius 1 is 1.05 bits per heavy atom. The van der Waals surface area contributed by atoms with E-state index >= 15 is 0 Å². The maximum absolute atomic E-state index is 11.8. The normalized spacial score (nSPS) is 10.9. The van der Waals surface area contributed by atoms with Crippen molar-refractivity contribution in [2.75, 3.05) is 6.61 Å². The van der Waals surface area contributed by atoms with Crippen molar-refractivity contribution < 1.29 is 14.3 Å². The Hall–Kier alpha value is -1.97. The number of benzene rings is 3. The molecule has 0 aliphatic rings. The summed E-state index contributed by atoms with van der Waals surface area (Å²) < 4.78 is 10.3. The van der Waals surface area contributed by atoms with Crippen molar-refractivity contribution in [2.45, 2.75) is 6.92 Å². The van der Waals surface area contributed by atoms with Crippen molar-refractivity contribution in [3.63, 3.8) is 0 Å². The average Bonchev–Trinajstić information content (AvgIpc) is 2.48. The number of carbonyl (C=O) groups excluding carboxylic acids is 1. The van der Waals surface area contributed by atoms with Crippen LogP contribution in [0.25, 0.3) is 21.5 Å². The molecule has 22 heavy (non-hydrogen) atoms. The Morgan fingerprint density at radius 3 is 2.55 bits per heavy atom. The van der Waals surface area contributed by atoms with Crippen LogP contribution in [0.5, 0.6) is 5.75 Å². The predicted molar refractivity (Wildman–Crippen MR) is 89.1 cm³/mol. The van der Waals surface area contributed by atoms with Crippen molar-refractivity contribution >= 4 is 50.9 Å². The molecule has 3 aromatic rings. The topological polar surface area (TPSA) is 35.5 Å². The first-order chi connectivity index (χ1) is 10.6. The molecule has 0 aromatic heterocycles. The molecule has 0 fully saturated rings. The van der Waals surface area contributed by atoms with Gasteiger partial charge in [-0.05, 0) is 30.5 Å². The fourth-order valence-electron chi connectivity index (χ4n) is 2.41. The zero-order chi connectivity index (χ0) is 15.7. The third-order valence-electron chi connectivity index (χ3n) is 3.32. The highest BCUT2D eigenvalue weighted by molar-refractivity contribution is 6.39. The second-order valence-electron chi connectivity index (χ2n) is 4.66. The third kappa shape index (κ3) is 2.58. The van der Waals surface area contributed by atoms with Crippen molar-refractivity contribution in [3.8, 4) is 5.75 Å². The van der Waals surface area contributed by atoms with Gasteiger partial charge in [0.1, 0.15) is 0 Å². The minimum absolute atomic E-state index is 0.232. The minimum Gasteiger partial charge on any atom is -0.434 e. The van der Waals surface area contributed by atoms with Gasteiger partial charge in [0.25, 0.3) is 0 Å². The second-order valence-corrected chi connectivity index (χ2v) is 5.48. The van der Waals surface area contributed by atoms with Gasteiger partial charge in [-0.1, -0.05) is 47.5 Å². The molecule has 5 heteroatoms. The predicted octanol–water partition coefficient (Wildman–Crippen LogP) is 5.84. The van der Waals surface area contributed by atoms with Crippen LogP contribution in [0.1, 0.15) is 6.92 Å². The van der Waals surface area contributed by atoms with Gasteiger partial charge in [0.2, 0.25) is 0 Å². The van der Waals surface area contributed by atoms with Crippen LogP contribution in [-0.4, -0.2) is 12.8 Å². The van der Waals surface area contributed by atoms with Gasteiger partial charge >= 0.3 is 6.16 Å². The van der Waals surface area contributed by atoms with Crippen molar-refractivity contribution in [1.82, 2.24) is 0 Å². The van der Waals surface area contributed by atoms with Crippen LogP contribution < -0.4 is 4.74 Å². The third-order valence-corrected chi connectivity index (χ3v) is 3.96. The van der Waals surface area contributed by atoms with Crippen LogP contribution in [0, 0.1) is 0 Å². The zero-order valence-electron chi connectivity index (χ0n) is 11.7. The largest absolute Gasteiger partial charge is 0.513 e. The lowest BCUT2D eigenvalue weighted by Gasteiger charge is -2.13. The van der Waals surface area contributed by atoms with Crippen LogP contribution in [0.15, 0.2) is 42.5 Å². The van der Waals surface area contributed by atoms with Gasteiger partial charge in [0.05, 0.1) is 11.6 Å². The molecule has 0 saturated heterocycles. The number of halogens is 2. The first-order valence-electron chi connectivity index (χ1n) is 6.76. The van der Waals surface area contributed by atoms with E-state index in [1.807, 2.05) is 24.3 Å². The number of ether oxygens (including phenoxy) is 2. The smallest absolute Gasteiger partial charge is 0.434 e. The van der Waals surface area contributed by atoms with Crippen LogP contribution in [-0.2, 0) is 4.74 Å². The van der Waals surface area contributed by atoms with Gasteiger partial charge in [0, 0.05) is 21.2 Å². The van der Waals surface area contributed by atoms with Gasteiger partial charge in [-0.25, -0.2) is 4.79 Å². The summed E-state index contributed by atoms with van der Waals surface area (Å²) in [6.07, 6.45) is -0.767. The summed E-state index contributed by atoms with van der Waals surface area (Å²) in [5.41, 5.74) is 0. The van der Waals surface area contributed by atoms with Gasteiger partial charge < -0.3 is 9.47 Å². The van der Waals surface area contributed by atoms with Crippen molar-refractivity contribution in [3.05, 3.63) is 52.5 Å². The Bertz CT molecular complexity index is 875. The van der Waals surface area contributed by atoms with Gasteiger partial charge in [-0.2, -0.15) is 0 Å². The molecular formula is C17H12Cl2O3. The molecule has 0 saturated carbocycles. The highest BCUT2D eigenvalue weighted by Crippen LogP contribution is 2.41. The molecule has 0 bridgehead atoms. The molecule has 0 aliphatic heterocycles. The van der Waals surface area contributed by atoms with Gasteiger partial charge in [-0.15, -0.1) is 0 Å². The van der Waals surface area contributed by atoms with Gasteiger partial charge in [0.15, 0.2) is 5.75 Å². The second kappa shape index (κ2) is 6.03. The van der Waals surface area contributed by atoms with Crippen molar-refractivity contribution in [2.24, 2.45) is 0 Å². The molecule has 3 nitrogen and oxygen atoms in total. The summed E-state index contributed by atoms with van der Waals surface area (Å²) in [7, 11) is 0. The molecule has 0 spiro atoms. The minimum atomic E-state index is -0.767. The Labute approximate surface area is 137 Å². The number of rotatable bonds is 2. The first-order valence-corrected chi connectivity index (χ1v) is 7.51. The van der Waals surface area contributed by atoms with E-state index in [-0.39, 0.29) is 6.61 Å². The molecule has 112 valence electrons. The number of fused-ring (bicyclic) bond motifs is 2. The summed E-state index contributed by atoms with van der Waals surface area (Å²) in [4.78, 5) is 11.8. The first kappa shape index (κ1) is 14.9. The molecule has 0 atom stereocenters. The van der Waals surface area contributed by atoms with E-state index in [9.17, 15) is 4.79 Å². The van der Waals surface area contributed by atoms with E-state index in [1.165, 1.54) is 0 Å². The maximum atomic E-state index is 11.8. The van der Waals surface area contributed by atoms with E-state index < -0.39 is 6.16 Å². The molecular weight excluding hydrogens is 323 g/mol. The number of hydrogen-bond donors (Lipinski definition) is 0. The van der Waals surface area contributed by atoms with E-state index in [0.29, 0.717) is 26.6 Å². The molecule has 0 N–H and O–H groups in total. The SMILES string of the molecule is CCOC(=O)Oc1c2cccc(Cl)c2cc2cccc(Cl)c12. The van der Waals surface area contributed by atoms with Crippen LogP contribution in [0.3, 0.4) is 0 Å². The molecule has 3 aromatic carbocycles. The molecule has 0 amide bonds. The summed E-state index contributed by atoms with van der Waals surface area (Å²) in [5, 5.41) is 4.07. The highest BCUT2D eigenvalue weighted by Gasteiger charge is 2.16. The van der Waals surface area contributed by atoms with Gasteiger partial charge in [-0.3, -0.25) is 0 Å². The summed E-state index contributed by atoms with van der Waals surface area (Å²) >= 11 is 12.6. The van der Waals surface area contributed by atoms with Crippen molar-refractivity contribution in [1.29, 1.82) is 0 Å². The Balaban J connectivity index is 2.36. The van der Waals surface area contributed by atoms with E-state index in [2.05, 4.69) is 0 Å².